The Labute approximate surface area is 225 Å². The number of unbranched alkanes of at least 4 members (excludes halogenated alkanes) is 20. The fourth-order valence-electron chi connectivity index (χ4n) is 4.70. The van der Waals surface area contributed by atoms with E-state index in [9.17, 15) is 4.57 Å². The van der Waals surface area contributed by atoms with Gasteiger partial charge in [-0.3, -0.25) is 4.57 Å². The third-order valence-corrected chi connectivity index (χ3v) is 9.07. The molecule has 0 N–H and O–H groups in total. The molecule has 0 spiro atoms. The maximum Gasteiger partial charge on any atom is 0.361 e. The highest BCUT2D eigenvalue weighted by molar-refractivity contribution is 7.62. The average molecular weight is 523 g/mol. The lowest BCUT2D eigenvalue weighted by atomic mass is 10.1. The van der Waals surface area contributed by atoms with Gasteiger partial charge in [-0.2, -0.15) is 0 Å². The van der Waals surface area contributed by atoms with E-state index in [0.717, 1.165) is 25.7 Å². The van der Waals surface area contributed by atoms with E-state index >= 15 is 0 Å². The van der Waals surface area contributed by atoms with Crippen LogP contribution in [0.4, 0.5) is 0 Å². The summed E-state index contributed by atoms with van der Waals surface area (Å²) in [5, 5.41) is 0.691. The average Bonchev–Trinajstić information content (AvgIpc) is 2.90. The summed E-state index contributed by atoms with van der Waals surface area (Å²) < 4.78 is 25.4. The van der Waals surface area contributed by atoms with Crippen LogP contribution >= 0.6 is 7.60 Å². The van der Waals surface area contributed by atoms with Gasteiger partial charge in [0.15, 0.2) is 0 Å². The van der Waals surface area contributed by atoms with E-state index in [1.54, 1.807) is 0 Å². The van der Waals surface area contributed by atoms with Gasteiger partial charge in [0.1, 0.15) is 0 Å². The Hall–Kier alpha value is -0.630. The summed E-state index contributed by atoms with van der Waals surface area (Å²) in [6.45, 7) is 5.57. The normalized spacial score (nSPS) is 11.8. The summed E-state index contributed by atoms with van der Waals surface area (Å²) in [7, 11) is -3.23. The minimum absolute atomic E-state index is 0.515. The second-order valence-electron chi connectivity index (χ2n) is 10.6. The summed E-state index contributed by atoms with van der Waals surface area (Å²) in [6, 6.07) is 9.53. The molecule has 0 aliphatic rings. The lowest BCUT2D eigenvalue weighted by Gasteiger charge is -2.19. The Morgan fingerprint density at radius 1 is 0.472 bits per heavy atom. The Kier molecular flexibility index (Phi) is 22.9. The smallest absolute Gasteiger partial charge is 0.305 e. The second-order valence-corrected chi connectivity index (χ2v) is 12.6. The molecule has 0 bridgehead atoms. The van der Waals surface area contributed by atoms with Crippen molar-refractivity contribution in [2.45, 2.75) is 155 Å². The van der Waals surface area contributed by atoms with Crippen molar-refractivity contribution in [3.05, 3.63) is 30.3 Å². The van der Waals surface area contributed by atoms with Crippen LogP contribution < -0.4 is 5.30 Å². The summed E-state index contributed by atoms with van der Waals surface area (Å²) >= 11 is 0. The van der Waals surface area contributed by atoms with Crippen LogP contribution in [0.15, 0.2) is 30.3 Å². The van der Waals surface area contributed by atoms with Crippen LogP contribution in [0.3, 0.4) is 0 Å². The third-order valence-electron chi connectivity index (χ3n) is 7.09. The van der Waals surface area contributed by atoms with Crippen LogP contribution in [0.2, 0.25) is 0 Å². The molecule has 0 radical (unpaired) electrons. The van der Waals surface area contributed by atoms with Crippen molar-refractivity contribution in [2.24, 2.45) is 0 Å². The summed E-state index contributed by atoms with van der Waals surface area (Å²) in [5.74, 6) is 0. The molecule has 3 nitrogen and oxygen atoms in total. The molecule has 0 aliphatic carbocycles. The van der Waals surface area contributed by atoms with Crippen molar-refractivity contribution < 1.29 is 13.6 Å². The molecule has 0 aromatic heterocycles. The van der Waals surface area contributed by atoms with Gasteiger partial charge in [-0.1, -0.05) is 160 Å². The molecule has 0 saturated heterocycles. The maximum absolute atomic E-state index is 13.5. The standard InChI is InChI=1S/C32H59O3P/c1-3-5-7-9-11-13-15-17-19-21-26-30-34-36(33,32-28-24-23-25-29-32)35-31-27-22-20-18-16-14-12-10-8-6-4-2/h23-25,28-29H,3-22,26-27,30-31H2,1-2H3. The first kappa shape index (κ1) is 33.4. The van der Waals surface area contributed by atoms with Crippen LogP contribution in [0.25, 0.3) is 0 Å². The van der Waals surface area contributed by atoms with Gasteiger partial charge in [-0.15, -0.1) is 0 Å². The summed E-state index contributed by atoms with van der Waals surface area (Å²) in [6.07, 6.45) is 28.5. The lowest BCUT2D eigenvalue weighted by Crippen LogP contribution is -2.11. The van der Waals surface area contributed by atoms with Gasteiger partial charge in [0.05, 0.1) is 18.5 Å². The largest absolute Gasteiger partial charge is 0.361 e. The fraction of sp³-hybridized carbons (Fsp3) is 0.812. The molecule has 0 unspecified atom stereocenters. The van der Waals surface area contributed by atoms with Gasteiger partial charge >= 0.3 is 7.60 Å². The van der Waals surface area contributed by atoms with Crippen LogP contribution in [0.5, 0.6) is 0 Å². The zero-order valence-electron chi connectivity index (χ0n) is 24.0. The third kappa shape index (κ3) is 18.6. The molecule has 210 valence electrons. The molecule has 4 heteroatoms. The van der Waals surface area contributed by atoms with Gasteiger partial charge in [-0.05, 0) is 25.0 Å². The van der Waals surface area contributed by atoms with E-state index in [1.807, 2.05) is 30.3 Å². The highest BCUT2D eigenvalue weighted by Crippen LogP contribution is 2.47. The minimum atomic E-state index is -3.23. The Bertz CT molecular complexity index is 587. The SMILES string of the molecule is CCCCCCCCCCCCCOP(=O)(OCCCCCCCCCCCCC)c1ccccc1. The van der Waals surface area contributed by atoms with Crippen molar-refractivity contribution in [3.63, 3.8) is 0 Å². The van der Waals surface area contributed by atoms with Crippen molar-refractivity contribution in [1.82, 2.24) is 0 Å². The number of hydrogen-bond acceptors (Lipinski definition) is 3. The molecule has 1 rings (SSSR count). The molecule has 0 atom stereocenters. The molecule has 1 aromatic rings. The molecule has 0 saturated carbocycles. The van der Waals surface area contributed by atoms with E-state index in [2.05, 4.69) is 13.8 Å². The Morgan fingerprint density at radius 2 is 0.778 bits per heavy atom. The Balaban J connectivity index is 2.14. The van der Waals surface area contributed by atoms with Crippen molar-refractivity contribution in [3.8, 4) is 0 Å². The van der Waals surface area contributed by atoms with Crippen molar-refractivity contribution in [1.29, 1.82) is 0 Å². The van der Waals surface area contributed by atoms with Gasteiger partial charge in [-0.25, -0.2) is 0 Å². The predicted octanol–water partition coefficient (Wildman–Crippen LogP) is 11.2. The van der Waals surface area contributed by atoms with Crippen molar-refractivity contribution >= 4 is 12.9 Å². The van der Waals surface area contributed by atoms with Gasteiger partial charge in [0, 0.05) is 0 Å². The van der Waals surface area contributed by atoms with Crippen molar-refractivity contribution in [2.75, 3.05) is 13.2 Å². The highest BCUT2D eigenvalue weighted by atomic mass is 31.2. The van der Waals surface area contributed by atoms with Gasteiger partial charge < -0.3 is 9.05 Å². The molecule has 36 heavy (non-hydrogen) atoms. The van der Waals surface area contributed by atoms with Crippen LogP contribution in [0.1, 0.15) is 155 Å². The molecule has 0 fully saturated rings. The maximum atomic E-state index is 13.5. The molecule has 0 heterocycles. The predicted molar refractivity (Wildman–Crippen MR) is 159 cm³/mol. The Morgan fingerprint density at radius 3 is 1.11 bits per heavy atom. The zero-order chi connectivity index (χ0) is 26.0. The summed E-state index contributed by atoms with van der Waals surface area (Å²) in [4.78, 5) is 0. The summed E-state index contributed by atoms with van der Waals surface area (Å²) in [5.41, 5.74) is 0. The van der Waals surface area contributed by atoms with E-state index in [1.165, 1.54) is 116 Å². The lowest BCUT2D eigenvalue weighted by molar-refractivity contribution is 0.206. The minimum Gasteiger partial charge on any atom is -0.305 e. The highest BCUT2D eigenvalue weighted by Gasteiger charge is 2.27. The molecule has 1 aromatic carbocycles. The first-order valence-electron chi connectivity index (χ1n) is 15.7. The van der Waals surface area contributed by atoms with Crippen LogP contribution in [-0.2, 0) is 13.6 Å². The number of benzene rings is 1. The van der Waals surface area contributed by atoms with Crippen LogP contribution in [0, 0.1) is 0 Å². The monoisotopic (exact) mass is 522 g/mol. The molecular weight excluding hydrogens is 463 g/mol. The van der Waals surface area contributed by atoms with E-state index in [0.29, 0.717) is 18.5 Å². The number of rotatable bonds is 27. The topological polar surface area (TPSA) is 35.5 Å². The molecule has 0 aliphatic heterocycles. The fourth-order valence-corrected chi connectivity index (χ4v) is 6.35. The first-order valence-corrected chi connectivity index (χ1v) is 17.2. The van der Waals surface area contributed by atoms with E-state index < -0.39 is 7.60 Å². The molecule has 0 amide bonds. The van der Waals surface area contributed by atoms with E-state index in [-0.39, 0.29) is 0 Å². The zero-order valence-corrected chi connectivity index (χ0v) is 24.9. The van der Waals surface area contributed by atoms with Gasteiger partial charge in [0.25, 0.3) is 0 Å². The molecular formula is C32H59O3P. The number of hydrogen-bond donors (Lipinski definition) is 0. The quantitative estimate of drug-likeness (QED) is 0.0851. The first-order chi connectivity index (χ1) is 17.7. The van der Waals surface area contributed by atoms with E-state index in [4.69, 9.17) is 9.05 Å². The van der Waals surface area contributed by atoms with Gasteiger partial charge in [0.2, 0.25) is 0 Å². The second kappa shape index (κ2) is 24.7. The van der Waals surface area contributed by atoms with Crippen LogP contribution in [-0.4, -0.2) is 13.2 Å².